The summed E-state index contributed by atoms with van der Waals surface area (Å²) in [5.41, 5.74) is 2.77. The Bertz CT molecular complexity index is 381. The third-order valence-corrected chi connectivity index (χ3v) is 3.29. The minimum absolute atomic E-state index is 0.0973. The van der Waals surface area contributed by atoms with Crippen molar-refractivity contribution in [2.75, 3.05) is 40.0 Å². The molecule has 0 aromatic heterocycles. The number of fused-ring (bicyclic) bond motifs is 1. The van der Waals surface area contributed by atoms with E-state index in [0.717, 1.165) is 31.8 Å². The van der Waals surface area contributed by atoms with E-state index in [4.69, 9.17) is 14.6 Å². The summed E-state index contributed by atoms with van der Waals surface area (Å²) in [5, 5.41) is 8.64. The Morgan fingerprint density at radius 1 is 1.28 bits per heavy atom. The normalized spacial score (nSPS) is 15.4. The first-order valence-electron chi connectivity index (χ1n) is 6.40. The maximum absolute atomic E-state index is 8.64. The van der Waals surface area contributed by atoms with E-state index in [1.165, 1.54) is 11.1 Å². The van der Waals surface area contributed by atoms with Gasteiger partial charge in [0.15, 0.2) is 0 Å². The second kappa shape index (κ2) is 6.73. The highest BCUT2D eigenvalue weighted by Gasteiger charge is 2.16. The second-order valence-corrected chi connectivity index (χ2v) is 4.50. The Morgan fingerprint density at radius 2 is 2.17 bits per heavy atom. The molecule has 0 aliphatic carbocycles. The molecule has 0 saturated heterocycles. The van der Waals surface area contributed by atoms with Crippen LogP contribution in [0.25, 0.3) is 0 Å². The number of methoxy groups -OCH3 is 1. The van der Waals surface area contributed by atoms with Gasteiger partial charge in [-0.2, -0.15) is 0 Å². The summed E-state index contributed by atoms with van der Waals surface area (Å²) < 4.78 is 10.6. The van der Waals surface area contributed by atoms with Crippen molar-refractivity contribution in [1.82, 2.24) is 4.90 Å². The maximum Gasteiger partial charge on any atom is 0.119 e. The molecule has 100 valence electrons. The summed E-state index contributed by atoms with van der Waals surface area (Å²) in [7, 11) is 1.70. The largest absolute Gasteiger partial charge is 0.497 e. The van der Waals surface area contributed by atoms with E-state index in [9.17, 15) is 0 Å². The minimum atomic E-state index is 0.0973. The highest BCUT2D eigenvalue weighted by molar-refractivity contribution is 5.37. The van der Waals surface area contributed by atoms with Crippen molar-refractivity contribution in [2.24, 2.45) is 0 Å². The van der Waals surface area contributed by atoms with E-state index >= 15 is 0 Å². The van der Waals surface area contributed by atoms with Gasteiger partial charge >= 0.3 is 0 Å². The van der Waals surface area contributed by atoms with Gasteiger partial charge in [0.05, 0.1) is 26.9 Å². The molecule has 0 saturated carbocycles. The quantitative estimate of drug-likeness (QED) is 0.768. The van der Waals surface area contributed by atoms with Gasteiger partial charge in [-0.1, -0.05) is 6.07 Å². The zero-order valence-electron chi connectivity index (χ0n) is 10.9. The molecule has 4 heteroatoms. The molecule has 0 radical (unpaired) electrons. The van der Waals surface area contributed by atoms with E-state index in [0.29, 0.717) is 13.2 Å². The van der Waals surface area contributed by atoms with Gasteiger partial charge in [-0.15, -0.1) is 0 Å². The summed E-state index contributed by atoms with van der Waals surface area (Å²) in [4.78, 5) is 2.37. The van der Waals surface area contributed by atoms with Crippen molar-refractivity contribution >= 4 is 0 Å². The topological polar surface area (TPSA) is 41.9 Å². The number of hydrogen-bond acceptors (Lipinski definition) is 4. The van der Waals surface area contributed by atoms with Gasteiger partial charge in [-0.25, -0.2) is 0 Å². The average molecular weight is 251 g/mol. The van der Waals surface area contributed by atoms with Crippen LogP contribution in [0.2, 0.25) is 0 Å². The van der Waals surface area contributed by atoms with Crippen LogP contribution in [-0.2, 0) is 17.7 Å². The van der Waals surface area contributed by atoms with Crippen LogP contribution in [0.5, 0.6) is 5.75 Å². The molecule has 2 rings (SSSR count). The van der Waals surface area contributed by atoms with Crippen molar-refractivity contribution in [3.05, 3.63) is 29.3 Å². The average Bonchev–Trinajstić information content (AvgIpc) is 2.42. The van der Waals surface area contributed by atoms with E-state index in [2.05, 4.69) is 17.0 Å². The highest BCUT2D eigenvalue weighted by atomic mass is 16.5. The van der Waals surface area contributed by atoms with Crippen LogP contribution in [0.3, 0.4) is 0 Å². The molecule has 4 nitrogen and oxygen atoms in total. The molecule has 1 N–H and O–H groups in total. The molecule has 0 atom stereocenters. The predicted molar refractivity (Wildman–Crippen MR) is 69.9 cm³/mol. The van der Waals surface area contributed by atoms with Crippen LogP contribution in [0.4, 0.5) is 0 Å². The fourth-order valence-electron chi connectivity index (χ4n) is 2.27. The summed E-state index contributed by atoms with van der Waals surface area (Å²) in [6.07, 6.45) is 1.08. The van der Waals surface area contributed by atoms with Gasteiger partial charge in [-0.3, -0.25) is 4.90 Å². The zero-order chi connectivity index (χ0) is 12.8. The van der Waals surface area contributed by atoms with Crippen molar-refractivity contribution in [1.29, 1.82) is 0 Å². The summed E-state index contributed by atoms with van der Waals surface area (Å²) >= 11 is 0. The smallest absolute Gasteiger partial charge is 0.119 e. The number of nitrogens with zero attached hydrogens (tertiary/aromatic N) is 1. The summed E-state index contributed by atoms with van der Waals surface area (Å²) in [6, 6.07) is 6.31. The molecule has 18 heavy (non-hydrogen) atoms. The molecule has 1 heterocycles. The lowest BCUT2D eigenvalue weighted by atomic mass is 9.99. The Balaban J connectivity index is 1.88. The van der Waals surface area contributed by atoms with Gasteiger partial charge in [0.25, 0.3) is 0 Å². The number of hydrogen-bond donors (Lipinski definition) is 1. The van der Waals surface area contributed by atoms with Crippen LogP contribution in [0.15, 0.2) is 18.2 Å². The Morgan fingerprint density at radius 3 is 2.94 bits per heavy atom. The monoisotopic (exact) mass is 251 g/mol. The summed E-state index contributed by atoms with van der Waals surface area (Å²) in [6.45, 7) is 4.14. The van der Waals surface area contributed by atoms with Crippen molar-refractivity contribution in [3.63, 3.8) is 0 Å². The second-order valence-electron chi connectivity index (χ2n) is 4.50. The molecule has 1 aromatic rings. The van der Waals surface area contributed by atoms with Crippen molar-refractivity contribution < 1.29 is 14.6 Å². The van der Waals surface area contributed by atoms with Crippen molar-refractivity contribution in [2.45, 2.75) is 13.0 Å². The third-order valence-electron chi connectivity index (χ3n) is 3.29. The Kier molecular flexibility index (Phi) is 4.99. The lowest BCUT2D eigenvalue weighted by Gasteiger charge is -2.28. The molecule has 0 fully saturated rings. The van der Waals surface area contributed by atoms with Crippen molar-refractivity contribution in [3.8, 4) is 5.75 Å². The highest BCUT2D eigenvalue weighted by Crippen LogP contribution is 2.23. The number of rotatable bonds is 6. The van der Waals surface area contributed by atoms with Gasteiger partial charge in [-0.05, 0) is 29.7 Å². The van der Waals surface area contributed by atoms with E-state index in [1.807, 2.05) is 6.07 Å². The third kappa shape index (κ3) is 3.45. The molecule has 0 unspecified atom stereocenters. The fourth-order valence-corrected chi connectivity index (χ4v) is 2.27. The molecule has 0 spiro atoms. The van der Waals surface area contributed by atoms with Gasteiger partial charge in [0.2, 0.25) is 0 Å². The maximum atomic E-state index is 8.64. The van der Waals surface area contributed by atoms with Crippen LogP contribution < -0.4 is 4.74 Å². The van der Waals surface area contributed by atoms with E-state index < -0.39 is 0 Å². The minimum Gasteiger partial charge on any atom is -0.497 e. The number of aliphatic hydroxyl groups excluding tert-OH is 1. The Hall–Kier alpha value is -1.10. The van der Waals surface area contributed by atoms with Gasteiger partial charge in [0, 0.05) is 19.6 Å². The molecular formula is C14H21NO3. The molecule has 0 bridgehead atoms. The van der Waals surface area contributed by atoms with Gasteiger partial charge in [0.1, 0.15) is 5.75 Å². The number of ether oxygens (including phenoxy) is 2. The van der Waals surface area contributed by atoms with E-state index in [-0.39, 0.29) is 6.61 Å². The van der Waals surface area contributed by atoms with Crippen LogP contribution >= 0.6 is 0 Å². The van der Waals surface area contributed by atoms with Crippen LogP contribution in [0, 0.1) is 0 Å². The first-order chi connectivity index (χ1) is 8.83. The van der Waals surface area contributed by atoms with Crippen LogP contribution in [0.1, 0.15) is 11.1 Å². The fraction of sp³-hybridized carbons (Fsp3) is 0.571. The predicted octanol–water partition coefficient (Wildman–Crippen LogP) is 1.06. The first-order valence-corrected chi connectivity index (χ1v) is 6.40. The molecule has 1 aliphatic heterocycles. The zero-order valence-corrected chi connectivity index (χ0v) is 10.9. The van der Waals surface area contributed by atoms with Gasteiger partial charge < -0.3 is 14.6 Å². The lowest BCUT2D eigenvalue weighted by molar-refractivity contribution is 0.0709. The van der Waals surface area contributed by atoms with Crippen LogP contribution in [-0.4, -0.2) is 50.0 Å². The SMILES string of the molecule is COc1ccc2c(c1)CN(CCOCCO)CC2. The molecular weight excluding hydrogens is 230 g/mol. The number of aliphatic hydroxyl groups is 1. The standard InChI is InChI=1S/C14H21NO3/c1-17-14-3-2-12-4-5-15(11-13(12)10-14)6-8-18-9-7-16/h2-3,10,16H,4-9,11H2,1H3. The molecule has 1 aromatic carbocycles. The Labute approximate surface area is 108 Å². The summed E-state index contributed by atoms with van der Waals surface area (Å²) in [5.74, 6) is 0.923. The first kappa shape index (κ1) is 13.3. The molecule has 0 amide bonds. The molecule has 1 aliphatic rings. The lowest BCUT2D eigenvalue weighted by Crippen LogP contribution is -2.33. The van der Waals surface area contributed by atoms with E-state index in [1.54, 1.807) is 7.11 Å². The number of benzene rings is 1.